The van der Waals surface area contributed by atoms with E-state index < -0.39 is 9.84 Å². The highest BCUT2D eigenvalue weighted by molar-refractivity contribution is 7.94. The maximum Gasteiger partial charge on any atom is 0.324 e. The van der Waals surface area contributed by atoms with Gasteiger partial charge in [0.1, 0.15) is 0 Å². The van der Waals surface area contributed by atoms with Gasteiger partial charge in [0.05, 0.1) is 5.75 Å². The molecule has 2 fully saturated rings. The molecule has 1 aromatic carbocycles. The highest BCUT2D eigenvalue weighted by Gasteiger charge is 2.28. The van der Waals surface area contributed by atoms with Crippen LogP contribution < -0.4 is 15.1 Å². The molecule has 3 aliphatic heterocycles. The van der Waals surface area contributed by atoms with Gasteiger partial charge in [-0.15, -0.1) is 0 Å². The smallest absolute Gasteiger partial charge is 0.324 e. The highest BCUT2D eigenvalue weighted by Crippen LogP contribution is 2.27. The maximum atomic E-state index is 12.2. The summed E-state index contributed by atoms with van der Waals surface area (Å²) in [5.41, 5.74) is 2.08. The number of hydrogen-bond donors (Lipinski definition) is 1. The van der Waals surface area contributed by atoms with Gasteiger partial charge in [-0.05, 0) is 31.0 Å². The van der Waals surface area contributed by atoms with E-state index in [0.29, 0.717) is 6.04 Å². The van der Waals surface area contributed by atoms with Crippen LogP contribution in [0.2, 0.25) is 0 Å². The van der Waals surface area contributed by atoms with Crippen molar-refractivity contribution in [2.24, 2.45) is 0 Å². The zero-order valence-corrected chi connectivity index (χ0v) is 16.4. The summed E-state index contributed by atoms with van der Waals surface area (Å²) >= 11 is 0. The summed E-state index contributed by atoms with van der Waals surface area (Å²) in [5, 5.41) is 4.78. The molecule has 0 saturated carbocycles. The molecule has 4 rings (SSSR count). The van der Waals surface area contributed by atoms with Gasteiger partial charge in [-0.1, -0.05) is 12.1 Å². The zero-order valence-electron chi connectivity index (χ0n) is 15.5. The number of piperidine rings is 1. The van der Waals surface area contributed by atoms with Crippen LogP contribution in [0.3, 0.4) is 0 Å². The average Bonchev–Trinajstić information content (AvgIpc) is 3.17. The normalized spacial score (nSPS) is 25.6. The molecule has 1 atom stereocenters. The first-order valence-corrected chi connectivity index (χ1v) is 11.2. The van der Waals surface area contributed by atoms with Crippen molar-refractivity contribution in [1.82, 2.24) is 10.2 Å². The summed E-state index contributed by atoms with van der Waals surface area (Å²) in [6.45, 7) is 3.31. The van der Waals surface area contributed by atoms with E-state index in [-0.39, 0.29) is 17.8 Å². The standard InChI is InChI=1S/C19H26N4O3S/c1-21-10-11-23(19(21)24)18-4-2-3-17(13-18)22-8-5-15(6-9-22)20-16-7-12-27(25,26)14-16/h2-4,7,12-13,15-16,20H,5-6,8-11,14H2,1H3. The van der Waals surface area contributed by atoms with E-state index in [4.69, 9.17) is 0 Å². The molecular formula is C19H26N4O3S. The predicted octanol–water partition coefficient (Wildman–Crippen LogP) is 1.43. The third kappa shape index (κ3) is 3.96. The van der Waals surface area contributed by atoms with Crippen molar-refractivity contribution in [3.63, 3.8) is 0 Å². The highest BCUT2D eigenvalue weighted by atomic mass is 32.2. The monoisotopic (exact) mass is 390 g/mol. The Morgan fingerprint density at radius 1 is 1.07 bits per heavy atom. The number of carbonyl (C=O) groups is 1. The molecule has 8 heteroatoms. The fourth-order valence-electron chi connectivity index (χ4n) is 4.03. The van der Waals surface area contributed by atoms with Gasteiger partial charge in [0, 0.05) is 62.1 Å². The Hall–Kier alpha value is -2.06. The number of benzene rings is 1. The topological polar surface area (TPSA) is 73.0 Å². The van der Waals surface area contributed by atoms with Gasteiger partial charge in [-0.25, -0.2) is 13.2 Å². The summed E-state index contributed by atoms with van der Waals surface area (Å²) in [7, 11) is -1.18. The van der Waals surface area contributed by atoms with Crippen LogP contribution in [0.1, 0.15) is 12.8 Å². The molecule has 0 aromatic heterocycles. The summed E-state index contributed by atoms with van der Waals surface area (Å²) < 4.78 is 23.1. The molecule has 3 heterocycles. The lowest BCUT2D eigenvalue weighted by Gasteiger charge is -2.35. The van der Waals surface area contributed by atoms with Gasteiger partial charge >= 0.3 is 6.03 Å². The lowest BCUT2D eigenvalue weighted by Crippen LogP contribution is -2.46. The molecule has 2 saturated heterocycles. The number of nitrogens with one attached hydrogen (secondary N) is 1. The van der Waals surface area contributed by atoms with Crippen LogP contribution >= 0.6 is 0 Å². The van der Waals surface area contributed by atoms with Crippen LogP contribution in [-0.4, -0.2) is 70.4 Å². The van der Waals surface area contributed by atoms with Crippen LogP contribution in [-0.2, 0) is 9.84 Å². The van der Waals surface area contributed by atoms with Crippen molar-refractivity contribution in [2.75, 3.05) is 48.8 Å². The number of urea groups is 1. The minimum atomic E-state index is -3.01. The first kappa shape index (κ1) is 18.3. The van der Waals surface area contributed by atoms with Crippen molar-refractivity contribution in [3.05, 3.63) is 35.7 Å². The number of amides is 2. The minimum absolute atomic E-state index is 0.0506. The van der Waals surface area contributed by atoms with Crippen molar-refractivity contribution >= 4 is 27.2 Å². The molecule has 27 heavy (non-hydrogen) atoms. The lowest BCUT2D eigenvalue weighted by molar-refractivity contribution is 0.229. The number of rotatable bonds is 4. The Kier molecular flexibility index (Phi) is 4.86. The second kappa shape index (κ2) is 7.16. The number of hydrogen-bond acceptors (Lipinski definition) is 5. The third-order valence-electron chi connectivity index (χ3n) is 5.60. The molecule has 1 aromatic rings. The molecular weight excluding hydrogens is 364 g/mol. The van der Waals surface area contributed by atoms with E-state index in [2.05, 4.69) is 22.3 Å². The number of sulfone groups is 1. The summed E-state index contributed by atoms with van der Waals surface area (Å²) in [4.78, 5) is 18.1. The first-order valence-electron chi connectivity index (χ1n) is 9.46. The van der Waals surface area contributed by atoms with Gasteiger partial charge in [0.25, 0.3) is 0 Å². The number of anilines is 2. The maximum absolute atomic E-state index is 12.2. The van der Waals surface area contributed by atoms with Gasteiger partial charge in [0.15, 0.2) is 9.84 Å². The van der Waals surface area contributed by atoms with Crippen molar-refractivity contribution < 1.29 is 13.2 Å². The Morgan fingerprint density at radius 3 is 2.44 bits per heavy atom. The zero-order chi connectivity index (χ0) is 19.0. The number of carbonyl (C=O) groups excluding carboxylic acids is 1. The van der Waals surface area contributed by atoms with E-state index >= 15 is 0 Å². The molecule has 146 valence electrons. The molecule has 3 aliphatic rings. The van der Waals surface area contributed by atoms with Gasteiger partial charge < -0.3 is 15.1 Å². The van der Waals surface area contributed by atoms with E-state index in [1.54, 1.807) is 11.0 Å². The predicted molar refractivity (Wildman–Crippen MR) is 107 cm³/mol. The van der Waals surface area contributed by atoms with Gasteiger partial charge in [0.2, 0.25) is 0 Å². The lowest BCUT2D eigenvalue weighted by atomic mass is 10.0. The van der Waals surface area contributed by atoms with E-state index in [1.807, 2.05) is 24.1 Å². The van der Waals surface area contributed by atoms with Crippen molar-refractivity contribution in [1.29, 1.82) is 0 Å². The van der Waals surface area contributed by atoms with Crippen LogP contribution in [0.15, 0.2) is 35.7 Å². The number of nitrogens with zero attached hydrogens (tertiary/aromatic N) is 3. The third-order valence-corrected chi connectivity index (χ3v) is 6.99. The fraction of sp³-hybridized carbons (Fsp3) is 0.526. The Bertz CT molecular complexity index is 846. The van der Waals surface area contributed by atoms with Crippen molar-refractivity contribution in [2.45, 2.75) is 24.9 Å². The Balaban J connectivity index is 1.35. The SMILES string of the molecule is CN1CCN(c2cccc(N3CCC(NC4C=CS(=O)(=O)C4)CC3)c2)C1=O. The Labute approximate surface area is 160 Å². The summed E-state index contributed by atoms with van der Waals surface area (Å²) in [6, 6.07) is 8.50. The molecule has 0 aliphatic carbocycles. The average molecular weight is 391 g/mol. The largest absolute Gasteiger partial charge is 0.371 e. The molecule has 7 nitrogen and oxygen atoms in total. The molecule has 0 spiro atoms. The molecule has 0 bridgehead atoms. The van der Waals surface area contributed by atoms with E-state index in [0.717, 1.165) is 50.4 Å². The van der Waals surface area contributed by atoms with E-state index in [9.17, 15) is 13.2 Å². The quantitative estimate of drug-likeness (QED) is 0.842. The molecule has 1 unspecified atom stereocenters. The van der Waals surface area contributed by atoms with Crippen LogP contribution in [0, 0.1) is 0 Å². The van der Waals surface area contributed by atoms with E-state index in [1.165, 1.54) is 5.41 Å². The fourth-order valence-corrected chi connectivity index (χ4v) is 5.28. The van der Waals surface area contributed by atoms with Crippen molar-refractivity contribution in [3.8, 4) is 0 Å². The molecule has 2 amide bonds. The van der Waals surface area contributed by atoms with Crippen LogP contribution in [0.5, 0.6) is 0 Å². The molecule has 1 N–H and O–H groups in total. The first-order chi connectivity index (χ1) is 12.9. The minimum Gasteiger partial charge on any atom is -0.371 e. The second-order valence-electron chi connectivity index (χ2n) is 7.57. The molecule has 0 radical (unpaired) electrons. The van der Waals surface area contributed by atoms with Crippen LogP contribution in [0.4, 0.5) is 16.2 Å². The second-order valence-corrected chi connectivity index (χ2v) is 9.50. The Morgan fingerprint density at radius 2 is 1.81 bits per heavy atom. The van der Waals surface area contributed by atoms with Gasteiger partial charge in [-0.2, -0.15) is 0 Å². The van der Waals surface area contributed by atoms with Gasteiger partial charge in [-0.3, -0.25) is 4.90 Å². The summed E-state index contributed by atoms with van der Waals surface area (Å²) in [5.74, 6) is 0.174. The number of likely N-dealkylation sites (N-methyl/N-ethyl adjacent to an activating group) is 1. The summed E-state index contributed by atoms with van der Waals surface area (Å²) in [6.07, 6.45) is 3.70. The van der Waals surface area contributed by atoms with Crippen LogP contribution in [0.25, 0.3) is 0 Å².